The third-order valence-corrected chi connectivity index (χ3v) is 5.95. The van der Waals surface area contributed by atoms with Gasteiger partial charge in [-0.3, -0.25) is 0 Å². The molecule has 1 aromatic heterocycles. The number of hydrogen-bond acceptors (Lipinski definition) is 5. The van der Waals surface area contributed by atoms with E-state index in [2.05, 4.69) is 36.4 Å². The normalized spacial score (nSPS) is 23.1. The van der Waals surface area contributed by atoms with Crippen LogP contribution in [-0.4, -0.2) is 27.5 Å². The standard InChI is InChI=1S/C20H29N5O/c1-3-12-8-11(2)18-15(9-12)14(6-7-23-18)20(26)25-19(22)16-10-13(21)4-5-17(16)24-25/h8-9,13-14,20,23,26H,3-7,10,21-22H2,1-2H3. The number of nitrogens with one attached hydrogen (secondary N) is 1. The van der Waals surface area contributed by atoms with Crippen molar-refractivity contribution < 1.29 is 5.11 Å². The first kappa shape index (κ1) is 17.4. The lowest BCUT2D eigenvalue weighted by atomic mass is 9.86. The molecule has 6 heteroatoms. The van der Waals surface area contributed by atoms with Gasteiger partial charge < -0.3 is 21.9 Å². The van der Waals surface area contributed by atoms with E-state index in [0.717, 1.165) is 55.6 Å². The maximum atomic E-state index is 11.2. The third kappa shape index (κ3) is 2.77. The molecule has 4 rings (SSSR count). The van der Waals surface area contributed by atoms with Gasteiger partial charge in [0.2, 0.25) is 0 Å². The Bertz CT molecular complexity index is 828. The number of nitrogen functional groups attached to an aromatic ring is 1. The van der Waals surface area contributed by atoms with Gasteiger partial charge in [0.25, 0.3) is 0 Å². The van der Waals surface area contributed by atoms with Gasteiger partial charge in [-0.25, -0.2) is 4.68 Å². The Morgan fingerprint density at radius 3 is 2.96 bits per heavy atom. The van der Waals surface area contributed by atoms with Crippen LogP contribution in [0.5, 0.6) is 0 Å². The average Bonchev–Trinajstić information content (AvgIpc) is 2.97. The van der Waals surface area contributed by atoms with E-state index in [1.807, 2.05) is 0 Å². The molecule has 1 aliphatic heterocycles. The number of anilines is 2. The number of nitrogens with zero attached hydrogens (tertiary/aromatic N) is 2. The largest absolute Gasteiger partial charge is 0.385 e. The molecule has 1 aliphatic carbocycles. The monoisotopic (exact) mass is 355 g/mol. The van der Waals surface area contributed by atoms with Gasteiger partial charge in [-0.05, 0) is 55.7 Å². The van der Waals surface area contributed by atoms with Gasteiger partial charge >= 0.3 is 0 Å². The molecule has 140 valence electrons. The highest BCUT2D eigenvalue weighted by Gasteiger charge is 2.33. The zero-order chi connectivity index (χ0) is 18.4. The Morgan fingerprint density at radius 1 is 1.38 bits per heavy atom. The van der Waals surface area contributed by atoms with Crippen LogP contribution in [0.1, 0.15) is 59.9 Å². The van der Waals surface area contributed by atoms with Gasteiger partial charge in [-0.2, -0.15) is 5.10 Å². The number of fused-ring (bicyclic) bond motifs is 2. The summed E-state index contributed by atoms with van der Waals surface area (Å²) in [5.41, 5.74) is 19.3. The van der Waals surface area contributed by atoms with Gasteiger partial charge in [-0.15, -0.1) is 0 Å². The fourth-order valence-electron chi connectivity index (χ4n) is 4.46. The Balaban J connectivity index is 1.73. The number of hydrogen-bond donors (Lipinski definition) is 4. The second-order valence-electron chi connectivity index (χ2n) is 7.72. The molecule has 0 fully saturated rings. The number of aryl methyl sites for hydroxylation is 3. The van der Waals surface area contributed by atoms with E-state index in [1.165, 1.54) is 16.7 Å². The number of aliphatic hydroxyl groups is 1. The molecule has 3 unspecified atom stereocenters. The maximum Gasteiger partial charge on any atom is 0.156 e. The molecule has 1 aromatic carbocycles. The van der Waals surface area contributed by atoms with Crippen LogP contribution in [0.3, 0.4) is 0 Å². The molecule has 26 heavy (non-hydrogen) atoms. The smallest absolute Gasteiger partial charge is 0.156 e. The number of aromatic nitrogens is 2. The molecule has 0 spiro atoms. The highest BCUT2D eigenvalue weighted by molar-refractivity contribution is 5.62. The summed E-state index contributed by atoms with van der Waals surface area (Å²) in [6.07, 6.45) is 3.58. The average molecular weight is 355 g/mol. The molecule has 0 amide bonds. The van der Waals surface area contributed by atoms with Gasteiger partial charge in [0.1, 0.15) is 5.82 Å². The molecular formula is C20H29N5O. The summed E-state index contributed by atoms with van der Waals surface area (Å²) in [6, 6.07) is 4.58. The Kier molecular flexibility index (Phi) is 4.40. The van der Waals surface area contributed by atoms with Gasteiger partial charge in [0.05, 0.1) is 5.69 Å². The molecule has 0 saturated carbocycles. The summed E-state index contributed by atoms with van der Waals surface area (Å²) in [4.78, 5) is 0. The molecule has 2 aliphatic rings. The van der Waals surface area contributed by atoms with E-state index in [0.29, 0.717) is 5.82 Å². The summed E-state index contributed by atoms with van der Waals surface area (Å²) in [5, 5.41) is 19.4. The van der Waals surface area contributed by atoms with Gasteiger partial charge in [0.15, 0.2) is 6.23 Å². The van der Waals surface area contributed by atoms with Crippen molar-refractivity contribution in [1.29, 1.82) is 0 Å². The first-order chi connectivity index (χ1) is 12.5. The van der Waals surface area contributed by atoms with Crippen molar-refractivity contribution in [1.82, 2.24) is 9.78 Å². The highest BCUT2D eigenvalue weighted by atomic mass is 16.3. The summed E-state index contributed by atoms with van der Waals surface area (Å²) >= 11 is 0. The van der Waals surface area contributed by atoms with Gasteiger partial charge in [0, 0.05) is 29.8 Å². The summed E-state index contributed by atoms with van der Waals surface area (Å²) in [6.45, 7) is 5.13. The van der Waals surface area contributed by atoms with Crippen LogP contribution in [0.15, 0.2) is 12.1 Å². The van der Waals surface area contributed by atoms with E-state index in [4.69, 9.17) is 11.5 Å². The number of benzene rings is 1. The van der Waals surface area contributed by atoms with Crippen LogP contribution in [0, 0.1) is 6.92 Å². The number of rotatable bonds is 3. The van der Waals surface area contributed by atoms with E-state index < -0.39 is 6.23 Å². The fourth-order valence-corrected chi connectivity index (χ4v) is 4.46. The van der Waals surface area contributed by atoms with Crippen molar-refractivity contribution in [3.63, 3.8) is 0 Å². The molecule has 2 heterocycles. The minimum absolute atomic E-state index is 0.0197. The van der Waals surface area contributed by atoms with Crippen molar-refractivity contribution in [3.05, 3.63) is 40.1 Å². The predicted molar refractivity (Wildman–Crippen MR) is 104 cm³/mol. The molecule has 0 saturated heterocycles. The summed E-state index contributed by atoms with van der Waals surface area (Å²) in [5.74, 6) is 0.555. The Morgan fingerprint density at radius 2 is 2.19 bits per heavy atom. The van der Waals surface area contributed by atoms with Crippen LogP contribution in [-0.2, 0) is 19.3 Å². The first-order valence-electron chi connectivity index (χ1n) is 9.66. The van der Waals surface area contributed by atoms with Crippen molar-refractivity contribution in [2.24, 2.45) is 5.73 Å². The Hall–Kier alpha value is -2.05. The summed E-state index contributed by atoms with van der Waals surface area (Å²) in [7, 11) is 0. The lowest BCUT2D eigenvalue weighted by Crippen LogP contribution is -2.28. The van der Waals surface area contributed by atoms with Crippen LogP contribution in [0.4, 0.5) is 11.5 Å². The Labute approximate surface area is 154 Å². The van der Waals surface area contributed by atoms with Crippen molar-refractivity contribution in [3.8, 4) is 0 Å². The number of aliphatic hydroxyl groups excluding tert-OH is 1. The second kappa shape index (κ2) is 6.59. The van der Waals surface area contributed by atoms with Crippen molar-refractivity contribution in [2.75, 3.05) is 17.6 Å². The van der Waals surface area contributed by atoms with Crippen LogP contribution < -0.4 is 16.8 Å². The fraction of sp³-hybridized carbons (Fsp3) is 0.550. The van der Waals surface area contributed by atoms with Crippen LogP contribution in [0.2, 0.25) is 0 Å². The minimum Gasteiger partial charge on any atom is -0.385 e. The highest BCUT2D eigenvalue weighted by Crippen LogP contribution is 2.41. The SMILES string of the molecule is CCc1cc(C)c2c(c1)C(C(O)n1nc3c(c1N)CC(N)CC3)CCN2. The molecule has 0 bridgehead atoms. The summed E-state index contributed by atoms with van der Waals surface area (Å²) < 4.78 is 1.64. The van der Waals surface area contributed by atoms with Gasteiger partial charge in [-0.1, -0.05) is 19.1 Å². The zero-order valence-electron chi connectivity index (χ0n) is 15.6. The topological polar surface area (TPSA) is 102 Å². The van der Waals surface area contributed by atoms with Crippen molar-refractivity contribution >= 4 is 11.5 Å². The number of nitrogens with two attached hydrogens (primary N) is 2. The lowest BCUT2D eigenvalue weighted by molar-refractivity contribution is 0.0601. The second-order valence-corrected chi connectivity index (χ2v) is 7.72. The zero-order valence-corrected chi connectivity index (χ0v) is 15.6. The predicted octanol–water partition coefficient (Wildman–Crippen LogP) is 2.24. The lowest BCUT2D eigenvalue weighted by Gasteiger charge is -2.32. The first-order valence-corrected chi connectivity index (χ1v) is 9.66. The van der Waals surface area contributed by atoms with Crippen molar-refractivity contribution in [2.45, 2.75) is 64.1 Å². The third-order valence-electron chi connectivity index (χ3n) is 5.95. The van der Waals surface area contributed by atoms with E-state index in [-0.39, 0.29) is 12.0 Å². The maximum absolute atomic E-state index is 11.2. The molecule has 6 N–H and O–H groups in total. The minimum atomic E-state index is -0.760. The van der Waals surface area contributed by atoms with Crippen LogP contribution >= 0.6 is 0 Å². The molecular weight excluding hydrogens is 326 g/mol. The molecule has 0 radical (unpaired) electrons. The van der Waals surface area contributed by atoms with Crippen LogP contribution in [0.25, 0.3) is 0 Å². The van der Waals surface area contributed by atoms with E-state index in [9.17, 15) is 5.11 Å². The quantitative estimate of drug-likeness (QED) is 0.676. The molecule has 2 aromatic rings. The van der Waals surface area contributed by atoms with E-state index in [1.54, 1.807) is 4.68 Å². The molecule has 3 atom stereocenters. The molecule has 6 nitrogen and oxygen atoms in total. The van der Waals surface area contributed by atoms with E-state index >= 15 is 0 Å².